The van der Waals surface area contributed by atoms with Crippen LogP contribution in [0.5, 0.6) is 11.5 Å². The fraction of sp³-hybridized carbons (Fsp3) is 0.267. The Morgan fingerprint density at radius 1 is 1.21 bits per heavy atom. The number of nitrogens with zero attached hydrogens (tertiary/aromatic N) is 4. The van der Waals surface area contributed by atoms with Gasteiger partial charge >= 0.3 is 0 Å². The van der Waals surface area contributed by atoms with Crippen molar-refractivity contribution in [2.24, 2.45) is 0 Å². The second-order valence-electron chi connectivity index (χ2n) is 5.81. The van der Waals surface area contributed by atoms with E-state index in [0.717, 1.165) is 0 Å². The van der Waals surface area contributed by atoms with Crippen molar-refractivity contribution in [3.8, 4) is 11.5 Å². The summed E-state index contributed by atoms with van der Waals surface area (Å²) in [6.45, 7) is 3.94. The first-order valence-corrected chi connectivity index (χ1v) is 7.66. The van der Waals surface area contributed by atoms with Crippen molar-refractivity contribution in [3.05, 3.63) is 34.1 Å². The third-order valence-corrected chi connectivity index (χ3v) is 3.94. The van der Waals surface area contributed by atoms with Gasteiger partial charge in [0.05, 0.1) is 11.4 Å². The molecule has 24 heavy (non-hydrogen) atoms. The van der Waals surface area contributed by atoms with Crippen LogP contribution in [0.25, 0.3) is 11.0 Å². The number of nitrogens with two attached hydrogens (primary N) is 2. The van der Waals surface area contributed by atoms with Gasteiger partial charge < -0.3 is 21.8 Å². The molecule has 1 aromatic carbocycles. The van der Waals surface area contributed by atoms with E-state index in [4.69, 9.17) is 23.2 Å². The van der Waals surface area contributed by atoms with Crippen LogP contribution in [0.3, 0.4) is 0 Å². The zero-order valence-electron chi connectivity index (χ0n) is 13.2. The fourth-order valence-electron chi connectivity index (χ4n) is 2.62. The monoisotopic (exact) mass is 348 g/mol. The molecule has 2 aromatic heterocycles. The normalized spacial score (nSPS) is 11.5. The van der Waals surface area contributed by atoms with Crippen LogP contribution in [0.15, 0.2) is 12.1 Å². The molecule has 0 aliphatic rings. The van der Waals surface area contributed by atoms with Crippen LogP contribution < -0.4 is 11.6 Å². The van der Waals surface area contributed by atoms with Gasteiger partial charge in [0.1, 0.15) is 22.5 Å². The number of phenolic OH excluding ortho intramolecular Hbond substituents is 2. The lowest BCUT2D eigenvalue weighted by Crippen LogP contribution is -2.13. The van der Waals surface area contributed by atoms with E-state index in [9.17, 15) is 10.2 Å². The minimum Gasteiger partial charge on any atom is -0.507 e. The minimum atomic E-state index is -0.141. The van der Waals surface area contributed by atoms with Crippen molar-refractivity contribution in [2.45, 2.75) is 26.2 Å². The Morgan fingerprint density at radius 2 is 1.83 bits per heavy atom. The van der Waals surface area contributed by atoms with Crippen molar-refractivity contribution in [1.82, 2.24) is 19.9 Å². The lowest BCUT2D eigenvalue weighted by atomic mass is 10.0. The number of rotatable bonds is 3. The van der Waals surface area contributed by atoms with Crippen LogP contribution in [0, 0.1) is 0 Å². The van der Waals surface area contributed by atoms with Gasteiger partial charge in [-0.05, 0) is 18.1 Å². The van der Waals surface area contributed by atoms with E-state index in [1.165, 1.54) is 16.9 Å². The van der Waals surface area contributed by atoms with Gasteiger partial charge in [0.15, 0.2) is 0 Å². The van der Waals surface area contributed by atoms with E-state index in [-0.39, 0.29) is 40.4 Å². The Morgan fingerprint density at radius 3 is 2.42 bits per heavy atom. The third kappa shape index (κ3) is 2.65. The van der Waals surface area contributed by atoms with Crippen LogP contribution in [0.1, 0.15) is 36.7 Å². The molecule has 0 atom stereocenters. The SMILES string of the molecule is CC(C)c1nn(N)c2c(Cc3c(O)cc(Cl)cc3O)nc(N)nc12. The predicted molar refractivity (Wildman–Crippen MR) is 91.6 cm³/mol. The zero-order chi connectivity index (χ0) is 17.6. The summed E-state index contributed by atoms with van der Waals surface area (Å²) in [4.78, 5) is 9.64. The maximum absolute atomic E-state index is 10.1. The standard InChI is InChI=1S/C15H17ClN6O2/c1-6(2)12-13-14(22(18)21-12)9(19-15(17)20-13)5-8-10(23)3-7(16)4-11(8)24/h3-4,6,23-24H,5,18H2,1-2H3,(H2,17,19,20). The van der Waals surface area contributed by atoms with E-state index < -0.39 is 0 Å². The lowest BCUT2D eigenvalue weighted by molar-refractivity contribution is 0.440. The first kappa shape index (κ1) is 16.1. The summed E-state index contributed by atoms with van der Waals surface area (Å²) in [5, 5.41) is 24.6. The molecule has 0 spiro atoms. The van der Waals surface area contributed by atoms with E-state index in [2.05, 4.69) is 15.1 Å². The average Bonchev–Trinajstić information content (AvgIpc) is 2.79. The number of fused-ring (bicyclic) bond motifs is 1. The van der Waals surface area contributed by atoms with Crippen LogP contribution in [-0.4, -0.2) is 30.1 Å². The third-order valence-electron chi connectivity index (χ3n) is 3.72. The van der Waals surface area contributed by atoms with Crippen molar-refractivity contribution in [1.29, 1.82) is 0 Å². The lowest BCUT2D eigenvalue weighted by Gasteiger charge is -2.09. The molecule has 3 aromatic rings. The summed E-state index contributed by atoms with van der Waals surface area (Å²) in [6, 6.07) is 2.69. The molecule has 0 saturated heterocycles. The Kier molecular flexibility index (Phi) is 3.84. The van der Waals surface area contributed by atoms with E-state index in [1.807, 2.05) is 13.8 Å². The van der Waals surface area contributed by atoms with Gasteiger partial charge in [-0.15, -0.1) is 0 Å². The van der Waals surface area contributed by atoms with Crippen molar-refractivity contribution >= 4 is 28.6 Å². The van der Waals surface area contributed by atoms with Gasteiger partial charge in [0.25, 0.3) is 0 Å². The van der Waals surface area contributed by atoms with Crippen LogP contribution >= 0.6 is 11.6 Å². The topological polar surface area (TPSA) is 136 Å². The number of hydrogen-bond acceptors (Lipinski definition) is 7. The Hall–Kier alpha value is -2.74. The maximum atomic E-state index is 10.1. The van der Waals surface area contributed by atoms with Crippen molar-refractivity contribution in [3.63, 3.8) is 0 Å². The quantitative estimate of drug-likeness (QED) is 0.530. The maximum Gasteiger partial charge on any atom is 0.221 e. The van der Waals surface area contributed by atoms with Gasteiger partial charge in [-0.1, -0.05) is 25.4 Å². The molecule has 3 rings (SSSR count). The molecule has 0 bridgehead atoms. The summed E-state index contributed by atoms with van der Waals surface area (Å²) >= 11 is 5.81. The number of benzene rings is 1. The Labute approximate surface area is 142 Å². The van der Waals surface area contributed by atoms with Gasteiger partial charge in [0, 0.05) is 17.0 Å². The van der Waals surface area contributed by atoms with Crippen LogP contribution in [0.4, 0.5) is 5.95 Å². The van der Waals surface area contributed by atoms with Gasteiger partial charge in [0.2, 0.25) is 5.95 Å². The summed E-state index contributed by atoms with van der Waals surface area (Å²) < 4.78 is 0. The highest BCUT2D eigenvalue weighted by atomic mass is 35.5. The summed E-state index contributed by atoms with van der Waals surface area (Å²) in [5.41, 5.74) is 8.29. The molecule has 0 saturated carbocycles. The molecule has 0 fully saturated rings. The number of aromatic hydroxyl groups is 2. The molecule has 0 radical (unpaired) electrons. The van der Waals surface area contributed by atoms with E-state index in [1.54, 1.807) is 0 Å². The Bertz CT molecular complexity index is 914. The molecular weight excluding hydrogens is 332 g/mol. The summed E-state index contributed by atoms with van der Waals surface area (Å²) in [5.74, 6) is 5.84. The molecule has 0 aliphatic carbocycles. The highest BCUT2D eigenvalue weighted by Gasteiger charge is 2.21. The molecule has 8 nitrogen and oxygen atoms in total. The van der Waals surface area contributed by atoms with Gasteiger partial charge in [-0.3, -0.25) is 0 Å². The molecule has 6 N–H and O–H groups in total. The summed E-state index contributed by atoms with van der Waals surface area (Å²) in [7, 11) is 0. The number of aromatic nitrogens is 4. The smallest absolute Gasteiger partial charge is 0.221 e. The first-order chi connectivity index (χ1) is 11.3. The molecule has 9 heteroatoms. The number of halogens is 1. The van der Waals surface area contributed by atoms with E-state index in [0.29, 0.717) is 22.4 Å². The molecule has 0 aliphatic heterocycles. The number of anilines is 1. The second kappa shape index (κ2) is 5.72. The average molecular weight is 349 g/mol. The molecule has 0 unspecified atom stereocenters. The predicted octanol–water partition coefficient (Wildman–Crippen LogP) is 1.90. The first-order valence-electron chi connectivity index (χ1n) is 7.28. The fourth-order valence-corrected chi connectivity index (χ4v) is 2.83. The second-order valence-corrected chi connectivity index (χ2v) is 6.25. The van der Waals surface area contributed by atoms with Crippen molar-refractivity contribution in [2.75, 3.05) is 11.6 Å². The van der Waals surface area contributed by atoms with E-state index >= 15 is 0 Å². The van der Waals surface area contributed by atoms with Crippen molar-refractivity contribution < 1.29 is 10.2 Å². The summed E-state index contributed by atoms with van der Waals surface area (Å²) in [6.07, 6.45) is 0.0957. The number of hydrogen-bond donors (Lipinski definition) is 4. The molecule has 0 amide bonds. The largest absolute Gasteiger partial charge is 0.507 e. The Balaban J connectivity index is 2.21. The zero-order valence-corrected chi connectivity index (χ0v) is 13.9. The number of phenols is 2. The van der Waals surface area contributed by atoms with Crippen LogP contribution in [-0.2, 0) is 6.42 Å². The molecule has 2 heterocycles. The highest BCUT2D eigenvalue weighted by molar-refractivity contribution is 6.30. The molecule has 126 valence electrons. The van der Waals surface area contributed by atoms with Gasteiger partial charge in [-0.25, -0.2) is 9.97 Å². The van der Waals surface area contributed by atoms with Gasteiger partial charge in [-0.2, -0.15) is 9.89 Å². The minimum absolute atomic E-state index is 0.0698. The van der Waals surface area contributed by atoms with Crippen LogP contribution in [0.2, 0.25) is 5.02 Å². The highest BCUT2D eigenvalue weighted by Crippen LogP contribution is 2.34. The molecular formula is C15H17ClN6O2. The number of nitrogen functional groups attached to an aromatic ring is 2.